The van der Waals surface area contributed by atoms with Crippen LogP contribution in [0.4, 0.5) is 0 Å². The first-order chi connectivity index (χ1) is 8.97. The van der Waals surface area contributed by atoms with Gasteiger partial charge < -0.3 is 5.32 Å². The highest BCUT2D eigenvalue weighted by Gasteiger charge is 2.08. The summed E-state index contributed by atoms with van der Waals surface area (Å²) in [7, 11) is 0. The zero-order chi connectivity index (χ0) is 14.0. The van der Waals surface area contributed by atoms with Crippen molar-refractivity contribution in [3.63, 3.8) is 0 Å². The van der Waals surface area contributed by atoms with Crippen molar-refractivity contribution in [2.45, 2.75) is 33.4 Å². The van der Waals surface area contributed by atoms with Crippen molar-refractivity contribution in [1.29, 1.82) is 0 Å². The monoisotopic (exact) mass is 341 g/mol. The molecule has 0 unspecified atom stereocenters. The van der Waals surface area contributed by atoms with Crippen LogP contribution in [0.3, 0.4) is 0 Å². The zero-order valence-corrected chi connectivity index (χ0v) is 13.6. The molecule has 5 heteroatoms. The fourth-order valence-electron chi connectivity index (χ4n) is 1.73. The van der Waals surface area contributed by atoms with Gasteiger partial charge in [0.15, 0.2) is 0 Å². The molecule has 0 amide bonds. The van der Waals surface area contributed by atoms with Gasteiger partial charge in [0.1, 0.15) is 0 Å². The minimum atomic E-state index is 0.478. The fraction of sp³-hybridized carbons (Fsp3) is 0.357. The predicted octanol–water partition coefficient (Wildman–Crippen LogP) is 4.09. The molecular formula is C14H17BrClN3. The second-order valence-corrected chi connectivity index (χ2v) is 6.09. The lowest BCUT2D eigenvalue weighted by molar-refractivity contribution is 0.588. The molecule has 1 heterocycles. The second kappa shape index (κ2) is 6.07. The summed E-state index contributed by atoms with van der Waals surface area (Å²) in [4.78, 5) is 0. The van der Waals surface area contributed by atoms with E-state index in [9.17, 15) is 0 Å². The molecule has 1 aromatic carbocycles. The molecule has 0 saturated heterocycles. The van der Waals surface area contributed by atoms with Crippen molar-refractivity contribution in [2.24, 2.45) is 0 Å². The standard InChI is InChI=1S/C14H17BrClN3/c1-9(2)17-7-11-4-5-14(12(15)6-11)19-8-13(16)10(3)18-19/h4-6,8-9,17H,7H2,1-3H3. The van der Waals surface area contributed by atoms with Gasteiger partial charge in [-0.25, -0.2) is 4.68 Å². The number of benzene rings is 1. The van der Waals surface area contributed by atoms with Crippen molar-refractivity contribution in [3.05, 3.63) is 45.1 Å². The SMILES string of the molecule is Cc1nn(-c2ccc(CNC(C)C)cc2Br)cc1Cl. The molecule has 19 heavy (non-hydrogen) atoms. The third kappa shape index (κ3) is 3.59. The molecule has 0 aliphatic carbocycles. The molecule has 0 aliphatic heterocycles. The van der Waals surface area contributed by atoms with Crippen molar-refractivity contribution in [2.75, 3.05) is 0 Å². The predicted molar refractivity (Wildman–Crippen MR) is 83.0 cm³/mol. The van der Waals surface area contributed by atoms with Crippen LogP contribution in [0.5, 0.6) is 0 Å². The first kappa shape index (κ1) is 14.6. The topological polar surface area (TPSA) is 29.9 Å². The van der Waals surface area contributed by atoms with E-state index in [1.807, 2.05) is 19.2 Å². The number of aromatic nitrogens is 2. The maximum atomic E-state index is 6.04. The Hall–Kier alpha value is -0.840. The van der Waals surface area contributed by atoms with Crippen LogP contribution in [-0.4, -0.2) is 15.8 Å². The molecule has 0 saturated carbocycles. The Morgan fingerprint density at radius 3 is 2.68 bits per heavy atom. The fourth-order valence-corrected chi connectivity index (χ4v) is 2.47. The van der Waals surface area contributed by atoms with Crippen LogP contribution in [0.1, 0.15) is 25.1 Å². The van der Waals surface area contributed by atoms with Gasteiger partial charge >= 0.3 is 0 Å². The summed E-state index contributed by atoms with van der Waals surface area (Å²) in [5.74, 6) is 0. The molecule has 0 atom stereocenters. The molecule has 2 rings (SSSR count). The van der Waals surface area contributed by atoms with E-state index >= 15 is 0 Å². The van der Waals surface area contributed by atoms with E-state index in [1.54, 1.807) is 4.68 Å². The number of aryl methyl sites for hydroxylation is 1. The normalized spacial score (nSPS) is 11.3. The van der Waals surface area contributed by atoms with Gasteiger partial charge in [-0.15, -0.1) is 0 Å². The molecule has 1 N–H and O–H groups in total. The summed E-state index contributed by atoms with van der Waals surface area (Å²) < 4.78 is 2.80. The van der Waals surface area contributed by atoms with Gasteiger partial charge in [-0.3, -0.25) is 0 Å². The number of nitrogens with one attached hydrogen (secondary N) is 1. The summed E-state index contributed by atoms with van der Waals surface area (Å²) >= 11 is 9.63. The lowest BCUT2D eigenvalue weighted by Crippen LogP contribution is -2.21. The Kier molecular flexibility index (Phi) is 4.66. The summed E-state index contributed by atoms with van der Waals surface area (Å²) in [6.45, 7) is 7.03. The smallest absolute Gasteiger partial charge is 0.0819 e. The van der Waals surface area contributed by atoms with Crippen LogP contribution >= 0.6 is 27.5 Å². The van der Waals surface area contributed by atoms with E-state index < -0.39 is 0 Å². The third-order valence-corrected chi connectivity index (χ3v) is 3.82. The molecule has 2 aromatic rings. The van der Waals surface area contributed by atoms with Crippen molar-refractivity contribution in [1.82, 2.24) is 15.1 Å². The number of rotatable bonds is 4. The average Bonchev–Trinajstić information content (AvgIpc) is 2.67. The number of nitrogens with zero attached hydrogens (tertiary/aromatic N) is 2. The van der Waals surface area contributed by atoms with Crippen LogP contribution in [0, 0.1) is 6.92 Å². The van der Waals surface area contributed by atoms with Gasteiger partial charge in [0.2, 0.25) is 0 Å². The molecule has 102 valence electrons. The van der Waals surface area contributed by atoms with Crippen molar-refractivity contribution < 1.29 is 0 Å². The zero-order valence-electron chi connectivity index (χ0n) is 11.2. The van der Waals surface area contributed by atoms with Gasteiger partial charge in [0.25, 0.3) is 0 Å². The molecule has 0 aliphatic rings. The first-order valence-corrected chi connectivity index (χ1v) is 7.38. The van der Waals surface area contributed by atoms with E-state index in [0.717, 1.165) is 22.4 Å². The second-order valence-electron chi connectivity index (χ2n) is 4.83. The highest BCUT2D eigenvalue weighted by atomic mass is 79.9. The Morgan fingerprint density at radius 1 is 1.42 bits per heavy atom. The molecular weight excluding hydrogens is 326 g/mol. The Balaban J connectivity index is 2.24. The van der Waals surface area contributed by atoms with E-state index in [-0.39, 0.29) is 0 Å². The summed E-state index contributed by atoms with van der Waals surface area (Å²) in [6, 6.07) is 6.73. The van der Waals surface area contributed by atoms with Crippen LogP contribution in [0.25, 0.3) is 5.69 Å². The van der Waals surface area contributed by atoms with Crippen LogP contribution in [0.2, 0.25) is 5.02 Å². The van der Waals surface area contributed by atoms with Crippen LogP contribution < -0.4 is 5.32 Å². The Bertz CT molecular complexity index is 559. The molecule has 3 nitrogen and oxygen atoms in total. The molecule has 1 aromatic heterocycles. The van der Waals surface area contributed by atoms with Crippen LogP contribution in [-0.2, 0) is 6.54 Å². The maximum Gasteiger partial charge on any atom is 0.0819 e. The molecule has 0 bridgehead atoms. The summed E-state index contributed by atoms with van der Waals surface area (Å²) in [5, 5.41) is 8.46. The van der Waals surface area contributed by atoms with Crippen molar-refractivity contribution in [3.8, 4) is 5.69 Å². The highest BCUT2D eigenvalue weighted by molar-refractivity contribution is 9.10. The summed E-state index contributed by atoms with van der Waals surface area (Å²) in [6.07, 6.45) is 1.82. The van der Waals surface area contributed by atoms with Gasteiger partial charge in [0, 0.05) is 23.3 Å². The van der Waals surface area contributed by atoms with E-state index in [2.05, 4.69) is 52.3 Å². The lowest BCUT2D eigenvalue weighted by Gasteiger charge is -2.10. The number of hydrogen-bond donors (Lipinski definition) is 1. The van der Waals surface area contributed by atoms with Crippen molar-refractivity contribution >= 4 is 27.5 Å². The average molecular weight is 343 g/mol. The van der Waals surface area contributed by atoms with Gasteiger partial charge in [-0.2, -0.15) is 5.10 Å². The summed E-state index contributed by atoms with van der Waals surface area (Å²) in [5.41, 5.74) is 3.06. The Morgan fingerprint density at radius 2 is 2.16 bits per heavy atom. The molecule has 0 fully saturated rings. The maximum absolute atomic E-state index is 6.04. The highest BCUT2D eigenvalue weighted by Crippen LogP contribution is 2.24. The number of halogens is 2. The minimum Gasteiger partial charge on any atom is -0.310 e. The van der Waals surface area contributed by atoms with Gasteiger partial charge in [0.05, 0.1) is 16.4 Å². The number of hydrogen-bond acceptors (Lipinski definition) is 2. The lowest BCUT2D eigenvalue weighted by atomic mass is 10.2. The van der Waals surface area contributed by atoms with Gasteiger partial charge in [-0.05, 0) is 40.5 Å². The van der Waals surface area contributed by atoms with Gasteiger partial charge in [-0.1, -0.05) is 31.5 Å². The quantitative estimate of drug-likeness (QED) is 0.907. The molecule has 0 radical (unpaired) electrons. The minimum absolute atomic E-state index is 0.478. The van der Waals surface area contributed by atoms with E-state index in [1.165, 1.54) is 5.56 Å². The largest absolute Gasteiger partial charge is 0.310 e. The van der Waals surface area contributed by atoms with E-state index in [4.69, 9.17) is 11.6 Å². The third-order valence-electron chi connectivity index (χ3n) is 2.81. The van der Waals surface area contributed by atoms with E-state index in [0.29, 0.717) is 11.1 Å². The Labute approximate surface area is 127 Å². The first-order valence-electron chi connectivity index (χ1n) is 6.21. The molecule has 0 spiro atoms. The van der Waals surface area contributed by atoms with Crippen LogP contribution in [0.15, 0.2) is 28.9 Å².